The molecule has 1 fully saturated rings. The number of thiazole rings is 1. The molecule has 6 nitrogen and oxygen atoms in total. The largest absolute Gasteiger partial charge is 0.347 e. The minimum Gasteiger partial charge on any atom is -0.347 e. The lowest BCUT2D eigenvalue weighted by Crippen LogP contribution is -2.31. The van der Waals surface area contributed by atoms with Gasteiger partial charge in [-0.3, -0.25) is 4.79 Å². The molecule has 8 heteroatoms. The van der Waals surface area contributed by atoms with Crippen LogP contribution in [0, 0.1) is 6.92 Å². The first-order valence-electron chi connectivity index (χ1n) is 9.47. The predicted octanol–water partition coefficient (Wildman–Crippen LogP) is 4.61. The fourth-order valence-corrected chi connectivity index (χ4v) is 4.61. The summed E-state index contributed by atoms with van der Waals surface area (Å²) in [6.45, 7) is 2.58. The minimum absolute atomic E-state index is 0.0227. The Labute approximate surface area is 179 Å². The number of benzene rings is 1. The quantitative estimate of drug-likeness (QED) is 0.608. The summed E-state index contributed by atoms with van der Waals surface area (Å²) in [5, 5.41) is 0.657. The number of rotatable bonds is 4. The molecule has 1 saturated heterocycles. The van der Waals surface area contributed by atoms with Gasteiger partial charge in [0.2, 0.25) is 5.95 Å². The van der Waals surface area contributed by atoms with Crippen LogP contribution in [-0.4, -0.2) is 46.4 Å². The highest BCUT2D eigenvalue weighted by molar-refractivity contribution is 7.11. The highest BCUT2D eigenvalue weighted by Gasteiger charge is 2.35. The molecule has 0 spiro atoms. The van der Waals surface area contributed by atoms with Crippen LogP contribution in [0.15, 0.2) is 36.0 Å². The standard InChI is InChI=1S/C21H22ClN5OS/c1-13-19(29-12-24-13)20(28)27-9-5-8-17(27)18-16(11-23-21(25-18)26(2)3)14-6-4-7-15(22)10-14/h4,6-7,10-12,17H,5,8-9H2,1-3H3. The van der Waals surface area contributed by atoms with Crippen molar-refractivity contribution in [3.63, 3.8) is 0 Å². The molecule has 1 unspecified atom stereocenters. The predicted molar refractivity (Wildman–Crippen MR) is 117 cm³/mol. The number of anilines is 1. The number of hydrogen-bond donors (Lipinski definition) is 0. The Balaban J connectivity index is 1.80. The lowest BCUT2D eigenvalue weighted by Gasteiger charge is -2.26. The van der Waals surface area contributed by atoms with E-state index in [0.717, 1.165) is 35.4 Å². The van der Waals surface area contributed by atoms with Crippen molar-refractivity contribution in [1.29, 1.82) is 0 Å². The Hall–Kier alpha value is -2.51. The Morgan fingerprint density at radius 2 is 2.14 bits per heavy atom. The number of halogens is 1. The molecule has 1 aliphatic rings. The summed E-state index contributed by atoms with van der Waals surface area (Å²) < 4.78 is 0. The fourth-order valence-electron chi connectivity index (χ4n) is 3.66. The van der Waals surface area contributed by atoms with E-state index in [1.165, 1.54) is 11.3 Å². The number of carbonyl (C=O) groups excluding carboxylic acids is 1. The second-order valence-electron chi connectivity index (χ2n) is 7.30. The van der Waals surface area contributed by atoms with Gasteiger partial charge in [0, 0.05) is 37.4 Å². The van der Waals surface area contributed by atoms with Gasteiger partial charge in [0.25, 0.3) is 5.91 Å². The Morgan fingerprint density at radius 3 is 2.83 bits per heavy atom. The second-order valence-corrected chi connectivity index (χ2v) is 8.59. The number of aromatic nitrogens is 3. The zero-order chi connectivity index (χ0) is 20.5. The summed E-state index contributed by atoms with van der Waals surface area (Å²) >= 11 is 7.62. The van der Waals surface area contributed by atoms with Crippen LogP contribution in [0.5, 0.6) is 0 Å². The maximum atomic E-state index is 13.3. The smallest absolute Gasteiger partial charge is 0.266 e. The first-order chi connectivity index (χ1) is 14.0. The molecular formula is C21H22ClN5OS. The van der Waals surface area contributed by atoms with Crippen LogP contribution >= 0.6 is 22.9 Å². The third-order valence-corrected chi connectivity index (χ3v) is 6.26. The van der Waals surface area contributed by atoms with E-state index in [1.807, 2.05) is 61.3 Å². The van der Waals surface area contributed by atoms with E-state index in [9.17, 15) is 4.79 Å². The van der Waals surface area contributed by atoms with E-state index >= 15 is 0 Å². The molecule has 1 aromatic carbocycles. The second kappa shape index (κ2) is 8.08. The van der Waals surface area contributed by atoms with E-state index in [0.29, 0.717) is 22.4 Å². The molecule has 2 aromatic heterocycles. The maximum absolute atomic E-state index is 13.3. The average molecular weight is 428 g/mol. The average Bonchev–Trinajstić information content (AvgIpc) is 3.36. The van der Waals surface area contributed by atoms with Gasteiger partial charge < -0.3 is 9.80 Å². The van der Waals surface area contributed by atoms with Crippen molar-refractivity contribution in [2.24, 2.45) is 0 Å². The molecule has 1 atom stereocenters. The molecule has 0 aliphatic carbocycles. The lowest BCUT2D eigenvalue weighted by molar-refractivity contribution is 0.0737. The van der Waals surface area contributed by atoms with Gasteiger partial charge in [-0.2, -0.15) is 0 Å². The normalized spacial score (nSPS) is 16.3. The van der Waals surface area contributed by atoms with E-state index in [2.05, 4.69) is 9.97 Å². The highest BCUT2D eigenvalue weighted by atomic mass is 35.5. The molecule has 0 N–H and O–H groups in total. The minimum atomic E-state index is -0.111. The van der Waals surface area contributed by atoms with E-state index in [1.54, 1.807) is 5.51 Å². The monoisotopic (exact) mass is 427 g/mol. The first kappa shape index (κ1) is 19.8. The van der Waals surface area contributed by atoms with Crippen molar-refractivity contribution < 1.29 is 4.79 Å². The van der Waals surface area contributed by atoms with Crippen molar-refractivity contribution in [2.45, 2.75) is 25.8 Å². The van der Waals surface area contributed by atoms with E-state index < -0.39 is 0 Å². The molecule has 4 rings (SSSR count). The number of carbonyl (C=O) groups is 1. The number of amides is 1. The van der Waals surface area contributed by atoms with Crippen molar-refractivity contribution in [3.8, 4) is 11.1 Å². The van der Waals surface area contributed by atoms with Crippen LogP contribution < -0.4 is 4.90 Å². The zero-order valence-corrected chi connectivity index (χ0v) is 18.2. The summed E-state index contributed by atoms with van der Waals surface area (Å²) in [7, 11) is 3.83. The van der Waals surface area contributed by atoms with Gasteiger partial charge in [0.15, 0.2) is 0 Å². The summed E-state index contributed by atoms with van der Waals surface area (Å²) in [4.78, 5) is 31.4. The lowest BCUT2D eigenvalue weighted by atomic mass is 9.99. The molecule has 0 bridgehead atoms. The molecule has 29 heavy (non-hydrogen) atoms. The van der Waals surface area contributed by atoms with Gasteiger partial charge in [-0.1, -0.05) is 23.7 Å². The van der Waals surface area contributed by atoms with Crippen molar-refractivity contribution in [1.82, 2.24) is 19.9 Å². The van der Waals surface area contributed by atoms with Gasteiger partial charge in [-0.15, -0.1) is 11.3 Å². The summed E-state index contributed by atoms with van der Waals surface area (Å²) in [5.74, 6) is 0.647. The molecule has 0 saturated carbocycles. The zero-order valence-electron chi connectivity index (χ0n) is 16.6. The first-order valence-corrected chi connectivity index (χ1v) is 10.7. The van der Waals surface area contributed by atoms with Crippen LogP contribution in [0.3, 0.4) is 0 Å². The maximum Gasteiger partial charge on any atom is 0.266 e. The molecule has 3 aromatic rings. The highest BCUT2D eigenvalue weighted by Crippen LogP contribution is 2.38. The van der Waals surface area contributed by atoms with E-state index in [4.69, 9.17) is 16.6 Å². The molecule has 1 aliphatic heterocycles. The SMILES string of the molecule is Cc1ncsc1C(=O)N1CCCC1c1nc(N(C)C)ncc1-c1cccc(Cl)c1. The third kappa shape index (κ3) is 3.84. The molecule has 1 amide bonds. The number of nitrogens with zero attached hydrogens (tertiary/aromatic N) is 5. The Morgan fingerprint density at radius 1 is 1.31 bits per heavy atom. The summed E-state index contributed by atoms with van der Waals surface area (Å²) in [6, 6.07) is 7.56. The van der Waals surface area contributed by atoms with Crippen LogP contribution in [0.4, 0.5) is 5.95 Å². The van der Waals surface area contributed by atoms with Crippen LogP contribution in [0.1, 0.15) is 39.9 Å². The molecule has 150 valence electrons. The van der Waals surface area contributed by atoms with Crippen molar-refractivity contribution in [3.05, 3.63) is 57.3 Å². The Kier molecular flexibility index (Phi) is 5.52. The van der Waals surface area contributed by atoms with Crippen molar-refractivity contribution >= 4 is 34.8 Å². The van der Waals surface area contributed by atoms with Crippen LogP contribution in [0.25, 0.3) is 11.1 Å². The summed E-state index contributed by atoms with van der Waals surface area (Å²) in [5.41, 5.74) is 5.21. The topological polar surface area (TPSA) is 62.2 Å². The molecular weight excluding hydrogens is 406 g/mol. The van der Waals surface area contributed by atoms with Gasteiger partial charge >= 0.3 is 0 Å². The number of aryl methyl sites for hydroxylation is 1. The number of likely N-dealkylation sites (tertiary alicyclic amines) is 1. The molecule has 3 heterocycles. The number of hydrogen-bond acceptors (Lipinski definition) is 6. The summed E-state index contributed by atoms with van der Waals surface area (Å²) in [6.07, 6.45) is 3.63. The van der Waals surface area contributed by atoms with E-state index in [-0.39, 0.29) is 11.9 Å². The van der Waals surface area contributed by atoms with Gasteiger partial charge in [-0.05, 0) is 37.5 Å². The fraction of sp³-hybridized carbons (Fsp3) is 0.333. The van der Waals surface area contributed by atoms with Gasteiger partial charge in [0.1, 0.15) is 4.88 Å². The third-order valence-electron chi connectivity index (χ3n) is 5.11. The molecule has 0 radical (unpaired) electrons. The Bertz CT molecular complexity index is 1050. The van der Waals surface area contributed by atoms with Crippen LogP contribution in [-0.2, 0) is 0 Å². The van der Waals surface area contributed by atoms with Crippen molar-refractivity contribution in [2.75, 3.05) is 25.5 Å². The van der Waals surface area contributed by atoms with Crippen LogP contribution in [0.2, 0.25) is 5.02 Å². The van der Waals surface area contributed by atoms with Gasteiger partial charge in [-0.25, -0.2) is 15.0 Å². The van der Waals surface area contributed by atoms with Gasteiger partial charge in [0.05, 0.1) is 22.9 Å².